The Hall–Kier alpha value is -1.75. The molecule has 0 bridgehead atoms. The van der Waals surface area contributed by atoms with Crippen LogP contribution < -0.4 is 14.8 Å². The molecule has 1 heterocycles. The minimum atomic E-state index is 0.132. The van der Waals surface area contributed by atoms with E-state index in [0.29, 0.717) is 18.9 Å². The van der Waals surface area contributed by atoms with Gasteiger partial charge >= 0.3 is 0 Å². The van der Waals surface area contributed by atoms with Gasteiger partial charge in [0.05, 0.1) is 14.2 Å². The molecule has 0 unspecified atom stereocenters. The van der Waals surface area contributed by atoms with E-state index in [0.717, 1.165) is 29.4 Å². The van der Waals surface area contributed by atoms with E-state index in [1.807, 2.05) is 18.2 Å². The Kier molecular flexibility index (Phi) is 8.66. The highest BCUT2D eigenvalue weighted by molar-refractivity contribution is 5.75. The molecule has 1 N–H and O–H groups in total. The van der Waals surface area contributed by atoms with Crippen molar-refractivity contribution < 1.29 is 14.3 Å². The summed E-state index contributed by atoms with van der Waals surface area (Å²) in [5, 5.41) is 3.05. The van der Waals surface area contributed by atoms with Crippen LogP contribution in [0.4, 0.5) is 0 Å². The average molecular weight is 403 g/mol. The lowest BCUT2D eigenvalue weighted by atomic mass is 9.87. The van der Waals surface area contributed by atoms with Crippen LogP contribution in [0.25, 0.3) is 0 Å². The summed E-state index contributed by atoms with van der Waals surface area (Å²) in [5.41, 5.74) is 0.970. The van der Waals surface area contributed by atoms with Gasteiger partial charge in [-0.15, -0.1) is 0 Å². The maximum absolute atomic E-state index is 12.4. The number of rotatable bonds is 9. The van der Waals surface area contributed by atoms with E-state index in [-0.39, 0.29) is 5.91 Å². The van der Waals surface area contributed by atoms with E-state index in [1.54, 1.807) is 14.2 Å². The number of carbonyl (C=O) groups is 1. The van der Waals surface area contributed by atoms with Crippen molar-refractivity contribution >= 4 is 5.91 Å². The van der Waals surface area contributed by atoms with Gasteiger partial charge in [-0.05, 0) is 62.6 Å². The van der Waals surface area contributed by atoms with E-state index in [1.165, 1.54) is 64.6 Å². The molecule has 1 amide bonds. The van der Waals surface area contributed by atoms with Gasteiger partial charge in [0, 0.05) is 37.7 Å². The van der Waals surface area contributed by atoms with Crippen LogP contribution in [0.5, 0.6) is 11.5 Å². The Morgan fingerprint density at radius 2 is 1.86 bits per heavy atom. The molecule has 2 aliphatic rings. The zero-order valence-electron chi connectivity index (χ0n) is 18.3. The number of benzene rings is 1. The van der Waals surface area contributed by atoms with E-state index >= 15 is 0 Å². The zero-order chi connectivity index (χ0) is 20.5. The van der Waals surface area contributed by atoms with Crippen molar-refractivity contribution in [1.29, 1.82) is 0 Å². The first-order valence-corrected chi connectivity index (χ1v) is 11.4. The predicted octanol–water partition coefficient (Wildman–Crippen LogP) is 4.39. The summed E-state index contributed by atoms with van der Waals surface area (Å²) < 4.78 is 10.6. The molecule has 1 aromatic rings. The highest BCUT2D eigenvalue weighted by Crippen LogP contribution is 2.28. The van der Waals surface area contributed by atoms with Crippen LogP contribution in [0, 0.1) is 11.8 Å². The number of ether oxygens (including phenoxy) is 2. The van der Waals surface area contributed by atoms with Gasteiger partial charge in [0.15, 0.2) is 0 Å². The minimum absolute atomic E-state index is 0.132. The number of nitrogens with one attached hydrogen (secondary N) is 1. The monoisotopic (exact) mass is 402 g/mol. The number of hydrogen-bond acceptors (Lipinski definition) is 4. The highest BCUT2D eigenvalue weighted by Gasteiger charge is 2.23. The molecule has 162 valence electrons. The van der Waals surface area contributed by atoms with Crippen LogP contribution in [-0.2, 0) is 11.3 Å². The summed E-state index contributed by atoms with van der Waals surface area (Å²) in [7, 11) is 3.28. The second-order valence-electron chi connectivity index (χ2n) is 8.77. The van der Waals surface area contributed by atoms with Crippen LogP contribution in [0.1, 0.15) is 63.4 Å². The molecule has 0 radical (unpaired) electrons. The van der Waals surface area contributed by atoms with Crippen LogP contribution in [0.15, 0.2) is 18.2 Å². The Morgan fingerprint density at radius 3 is 2.62 bits per heavy atom. The van der Waals surface area contributed by atoms with Gasteiger partial charge in [-0.25, -0.2) is 0 Å². The zero-order valence-corrected chi connectivity index (χ0v) is 18.3. The molecule has 1 aliphatic carbocycles. The third-order valence-electron chi connectivity index (χ3n) is 6.59. The topological polar surface area (TPSA) is 50.8 Å². The van der Waals surface area contributed by atoms with Gasteiger partial charge in [-0.3, -0.25) is 4.79 Å². The lowest BCUT2D eigenvalue weighted by Gasteiger charge is -2.36. The second-order valence-corrected chi connectivity index (χ2v) is 8.77. The fourth-order valence-corrected chi connectivity index (χ4v) is 4.90. The van der Waals surface area contributed by atoms with Crippen molar-refractivity contribution in [1.82, 2.24) is 10.2 Å². The van der Waals surface area contributed by atoms with Gasteiger partial charge < -0.3 is 19.7 Å². The van der Waals surface area contributed by atoms with E-state index in [9.17, 15) is 4.79 Å². The fourth-order valence-electron chi connectivity index (χ4n) is 4.90. The molecule has 1 saturated heterocycles. The molecule has 29 heavy (non-hydrogen) atoms. The fraction of sp³-hybridized carbons (Fsp3) is 0.708. The molecular formula is C24H38N2O3. The molecular weight excluding hydrogens is 364 g/mol. The molecule has 2 fully saturated rings. The van der Waals surface area contributed by atoms with Crippen molar-refractivity contribution in [3.8, 4) is 11.5 Å². The third-order valence-corrected chi connectivity index (χ3v) is 6.59. The van der Waals surface area contributed by atoms with E-state index in [2.05, 4.69) is 10.2 Å². The van der Waals surface area contributed by atoms with E-state index in [4.69, 9.17) is 9.47 Å². The number of hydrogen-bond donors (Lipinski definition) is 1. The summed E-state index contributed by atoms with van der Waals surface area (Å²) in [6, 6.07) is 5.69. The molecule has 5 nitrogen and oxygen atoms in total. The number of likely N-dealkylation sites (tertiary alicyclic amines) is 1. The summed E-state index contributed by atoms with van der Waals surface area (Å²) in [5.74, 6) is 3.20. The summed E-state index contributed by atoms with van der Waals surface area (Å²) >= 11 is 0. The van der Waals surface area contributed by atoms with Crippen molar-refractivity contribution in [2.24, 2.45) is 11.8 Å². The van der Waals surface area contributed by atoms with Crippen LogP contribution >= 0.6 is 0 Å². The van der Waals surface area contributed by atoms with E-state index < -0.39 is 0 Å². The van der Waals surface area contributed by atoms with Gasteiger partial charge in [-0.1, -0.05) is 19.3 Å². The van der Waals surface area contributed by atoms with Gasteiger partial charge in [0.2, 0.25) is 5.91 Å². The molecule has 1 atom stereocenters. The third kappa shape index (κ3) is 6.91. The smallest absolute Gasteiger partial charge is 0.220 e. The van der Waals surface area contributed by atoms with Crippen molar-refractivity contribution in [3.63, 3.8) is 0 Å². The number of amides is 1. The average Bonchev–Trinajstić information content (AvgIpc) is 2.77. The summed E-state index contributed by atoms with van der Waals surface area (Å²) in [6.45, 7) is 4.19. The first-order valence-electron chi connectivity index (χ1n) is 11.4. The first-order chi connectivity index (χ1) is 14.2. The Bertz CT molecular complexity index is 643. The van der Waals surface area contributed by atoms with Crippen LogP contribution in [0.3, 0.4) is 0 Å². The number of methoxy groups -OCH3 is 2. The Labute approximate surface area is 176 Å². The maximum atomic E-state index is 12.4. The summed E-state index contributed by atoms with van der Waals surface area (Å²) in [6.07, 6.45) is 11.2. The maximum Gasteiger partial charge on any atom is 0.220 e. The standard InChI is InChI=1S/C24H38N2O3/c1-28-22-12-11-21(23(15-22)29-2)16-25-24(27)13-10-20-9-6-14-26(18-20)17-19-7-4-3-5-8-19/h11-12,15,19-20H,3-10,13-14,16-18H2,1-2H3,(H,25,27)/t20-/m1/s1. The van der Waals surface area contributed by atoms with Crippen molar-refractivity contribution in [2.75, 3.05) is 33.9 Å². The summed E-state index contributed by atoms with van der Waals surface area (Å²) in [4.78, 5) is 15.1. The minimum Gasteiger partial charge on any atom is -0.497 e. The number of nitrogens with zero attached hydrogens (tertiary/aromatic N) is 1. The normalized spacial score (nSPS) is 21.0. The van der Waals surface area contributed by atoms with Crippen molar-refractivity contribution in [2.45, 2.75) is 64.3 Å². The highest BCUT2D eigenvalue weighted by atomic mass is 16.5. The first kappa shape index (κ1) is 21.9. The Morgan fingerprint density at radius 1 is 1.07 bits per heavy atom. The molecule has 3 rings (SSSR count). The molecule has 1 saturated carbocycles. The molecule has 5 heteroatoms. The number of carbonyl (C=O) groups excluding carboxylic acids is 1. The second kappa shape index (κ2) is 11.4. The predicted molar refractivity (Wildman–Crippen MR) is 116 cm³/mol. The lowest BCUT2D eigenvalue weighted by Crippen LogP contribution is -2.39. The van der Waals surface area contributed by atoms with Crippen LogP contribution in [-0.4, -0.2) is 44.7 Å². The molecule has 0 spiro atoms. The lowest BCUT2D eigenvalue weighted by molar-refractivity contribution is -0.121. The largest absolute Gasteiger partial charge is 0.497 e. The van der Waals surface area contributed by atoms with Crippen LogP contribution in [0.2, 0.25) is 0 Å². The quantitative estimate of drug-likeness (QED) is 0.665. The number of piperidine rings is 1. The molecule has 0 aromatic heterocycles. The van der Waals surface area contributed by atoms with Gasteiger partial charge in [0.25, 0.3) is 0 Å². The Balaban J connectivity index is 1.38. The van der Waals surface area contributed by atoms with Gasteiger partial charge in [0.1, 0.15) is 11.5 Å². The SMILES string of the molecule is COc1ccc(CNC(=O)CC[C@H]2CCCN(CC3CCCCC3)C2)c(OC)c1. The van der Waals surface area contributed by atoms with Gasteiger partial charge in [-0.2, -0.15) is 0 Å². The molecule has 1 aromatic carbocycles. The van der Waals surface area contributed by atoms with Crippen molar-refractivity contribution in [3.05, 3.63) is 23.8 Å². The molecule has 1 aliphatic heterocycles.